The van der Waals surface area contributed by atoms with Gasteiger partial charge in [0.15, 0.2) is 11.5 Å². The molecule has 1 N–H and O–H groups in total. The third-order valence-electron chi connectivity index (χ3n) is 3.05. The van der Waals surface area contributed by atoms with E-state index < -0.39 is 0 Å². The molecule has 5 heteroatoms. The van der Waals surface area contributed by atoms with E-state index in [9.17, 15) is 0 Å². The lowest BCUT2D eigenvalue weighted by molar-refractivity contribution is 0.230. The van der Waals surface area contributed by atoms with Crippen molar-refractivity contribution in [1.29, 1.82) is 0 Å². The van der Waals surface area contributed by atoms with Crippen LogP contribution in [0, 0.1) is 6.92 Å². The highest BCUT2D eigenvalue weighted by Crippen LogP contribution is 2.29. The van der Waals surface area contributed by atoms with Crippen molar-refractivity contribution in [2.24, 2.45) is 0 Å². The minimum atomic E-state index is 0.136. The number of ether oxygens (including phenoxy) is 2. The number of nitrogens with one attached hydrogen (secondary N) is 1. The topological polar surface area (TPSA) is 43.4 Å². The smallest absolute Gasteiger partial charge is 0.161 e. The van der Waals surface area contributed by atoms with Crippen molar-refractivity contribution in [2.75, 3.05) is 7.11 Å². The van der Waals surface area contributed by atoms with E-state index >= 15 is 0 Å². The summed E-state index contributed by atoms with van der Waals surface area (Å²) >= 11 is 1.68. The number of aromatic nitrogens is 1. The number of hydrogen-bond acceptors (Lipinski definition) is 5. The molecule has 0 aliphatic carbocycles. The number of nitrogens with zero attached hydrogens (tertiary/aromatic N) is 1. The average Bonchev–Trinajstić information content (AvgIpc) is 2.85. The van der Waals surface area contributed by atoms with Gasteiger partial charge in [0, 0.05) is 18.0 Å². The predicted octanol–water partition coefficient (Wildman–Crippen LogP) is 3.54. The van der Waals surface area contributed by atoms with Crippen LogP contribution in [0.1, 0.15) is 30.0 Å². The fourth-order valence-corrected chi connectivity index (χ4v) is 2.74. The first kappa shape index (κ1) is 15.8. The zero-order chi connectivity index (χ0) is 15.2. The van der Waals surface area contributed by atoms with E-state index in [1.54, 1.807) is 18.4 Å². The molecule has 0 amide bonds. The molecule has 1 aromatic carbocycles. The van der Waals surface area contributed by atoms with Crippen molar-refractivity contribution in [2.45, 2.75) is 40.0 Å². The lowest BCUT2D eigenvalue weighted by atomic mass is 10.2. The number of methoxy groups -OCH3 is 1. The standard InChI is InChI=1S/C16H22N2O2S/c1-11(2)20-14-6-5-13(7-15(14)19-4)8-17-9-16-12(3)18-10-21-16/h5-7,10-11,17H,8-9H2,1-4H3. The SMILES string of the molecule is COc1cc(CNCc2scnc2C)ccc1OC(C)C. The molecule has 0 bridgehead atoms. The average molecular weight is 306 g/mol. The number of aryl methyl sites for hydroxylation is 1. The van der Waals surface area contributed by atoms with E-state index in [0.29, 0.717) is 0 Å². The normalized spacial score (nSPS) is 10.9. The number of benzene rings is 1. The van der Waals surface area contributed by atoms with E-state index in [4.69, 9.17) is 9.47 Å². The summed E-state index contributed by atoms with van der Waals surface area (Å²) in [5, 5.41) is 3.43. The highest BCUT2D eigenvalue weighted by molar-refractivity contribution is 7.09. The minimum absolute atomic E-state index is 0.136. The van der Waals surface area contributed by atoms with Crippen LogP contribution in [0.2, 0.25) is 0 Å². The third-order valence-corrected chi connectivity index (χ3v) is 3.99. The van der Waals surface area contributed by atoms with Crippen LogP contribution in [0.15, 0.2) is 23.7 Å². The summed E-state index contributed by atoms with van der Waals surface area (Å²) in [6.07, 6.45) is 0.136. The van der Waals surface area contributed by atoms with E-state index in [1.807, 2.05) is 38.4 Å². The van der Waals surface area contributed by atoms with Crippen molar-refractivity contribution >= 4 is 11.3 Å². The van der Waals surface area contributed by atoms with Gasteiger partial charge in [-0.15, -0.1) is 11.3 Å². The monoisotopic (exact) mass is 306 g/mol. The Morgan fingerprint density at radius 1 is 1.24 bits per heavy atom. The summed E-state index contributed by atoms with van der Waals surface area (Å²) < 4.78 is 11.1. The molecule has 0 spiro atoms. The van der Waals surface area contributed by atoms with E-state index in [1.165, 1.54) is 10.4 Å². The number of hydrogen-bond donors (Lipinski definition) is 1. The maximum atomic E-state index is 5.72. The Hall–Kier alpha value is -1.59. The summed E-state index contributed by atoms with van der Waals surface area (Å²) in [5.41, 5.74) is 4.16. The van der Waals surface area contributed by atoms with Crippen LogP contribution < -0.4 is 14.8 Å². The van der Waals surface area contributed by atoms with Crippen molar-refractivity contribution in [3.63, 3.8) is 0 Å². The molecule has 2 rings (SSSR count). The number of rotatable bonds is 7. The summed E-state index contributed by atoms with van der Waals surface area (Å²) in [4.78, 5) is 5.53. The molecular weight excluding hydrogens is 284 g/mol. The fourth-order valence-electron chi connectivity index (χ4n) is 1.99. The summed E-state index contributed by atoms with van der Waals surface area (Å²) in [7, 11) is 1.67. The Labute approximate surface area is 130 Å². The van der Waals surface area contributed by atoms with Crippen LogP contribution in [0.5, 0.6) is 11.5 Å². The Morgan fingerprint density at radius 2 is 2.05 bits per heavy atom. The number of thiazole rings is 1. The Kier molecular flexibility index (Phi) is 5.59. The van der Waals surface area contributed by atoms with Crippen LogP contribution in [-0.2, 0) is 13.1 Å². The van der Waals surface area contributed by atoms with Crippen molar-refractivity contribution in [3.8, 4) is 11.5 Å². The Morgan fingerprint density at radius 3 is 2.67 bits per heavy atom. The van der Waals surface area contributed by atoms with Gasteiger partial charge < -0.3 is 14.8 Å². The van der Waals surface area contributed by atoms with Gasteiger partial charge in [-0.1, -0.05) is 6.07 Å². The van der Waals surface area contributed by atoms with Crippen molar-refractivity contribution < 1.29 is 9.47 Å². The second kappa shape index (κ2) is 7.43. The molecule has 2 aromatic rings. The lowest BCUT2D eigenvalue weighted by Gasteiger charge is -2.14. The quantitative estimate of drug-likeness (QED) is 0.850. The first-order valence-corrected chi connectivity index (χ1v) is 7.91. The minimum Gasteiger partial charge on any atom is -0.493 e. The van der Waals surface area contributed by atoms with Crippen molar-refractivity contribution in [1.82, 2.24) is 10.3 Å². The second-order valence-electron chi connectivity index (χ2n) is 5.12. The molecule has 0 unspecified atom stereocenters. The zero-order valence-electron chi connectivity index (χ0n) is 13.0. The molecule has 0 fully saturated rings. The first-order chi connectivity index (χ1) is 10.1. The molecule has 0 aliphatic rings. The van der Waals surface area contributed by atoms with Crippen molar-refractivity contribution in [3.05, 3.63) is 39.8 Å². The molecule has 0 saturated carbocycles. The summed E-state index contributed by atoms with van der Waals surface area (Å²) in [6, 6.07) is 6.05. The molecule has 21 heavy (non-hydrogen) atoms. The molecule has 1 aromatic heterocycles. The molecule has 4 nitrogen and oxygen atoms in total. The molecule has 0 radical (unpaired) electrons. The molecule has 0 aliphatic heterocycles. The largest absolute Gasteiger partial charge is 0.493 e. The van der Waals surface area contributed by atoms with E-state index in [2.05, 4.69) is 16.4 Å². The van der Waals surface area contributed by atoms with Crippen LogP contribution in [0.25, 0.3) is 0 Å². The highest BCUT2D eigenvalue weighted by atomic mass is 32.1. The predicted molar refractivity (Wildman–Crippen MR) is 86.2 cm³/mol. The van der Waals surface area contributed by atoms with Gasteiger partial charge in [0.05, 0.1) is 24.4 Å². The third kappa shape index (κ3) is 4.44. The van der Waals surface area contributed by atoms with Gasteiger partial charge in [0.1, 0.15) is 0 Å². The molecule has 0 atom stereocenters. The van der Waals surface area contributed by atoms with Crippen LogP contribution in [0.3, 0.4) is 0 Å². The Bertz CT molecular complexity index is 581. The lowest BCUT2D eigenvalue weighted by Crippen LogP contribution is -2.13. The van der Waals surface area contributed by atoms with Crippen LogP contribution in [-0.4, -0.2) is 18.2 Å². The van der Waals surface area contributed by atoms with Gasteiger partial charge in [0.25, 0.3) is 0 Å². The van der Waals surface area contributed by atoms with E-state index in [-0.39, 0.29) is 6.10 Å². The van der Waals surface area contributed by atoms with E-state index in [0.717, 1.165) is 30.3 Å². The van der Waals surface area contributed by atoms with Gasteiger partial charge in [-0.2, -0.15) is 0 Å². The molecular formula is C16H22N2O2S. The van der Waals surface area contributed by atoms with Gasteiger partial charge in [-0.3, -0.25) is 0 Å². The summed E-state index contributed by atoms with van der Waals surface area (Å²) in [6.45, 7) is 7.67. The van der Waals surface area contributed by atoms with Gasteiger partial charge in [-0.25, -0.2) is 4.98 Å². The second-order valence-corrected chi connectivity index (χ2v) is 6.06. The van der Waals surface area contributed by atoms with Gasteiger partial charge in [-0.05, 0) is 38.5 Å². The summed E-state index contributed by atoms with van der Waals surface area (Å²) in [5.74, 6) is 1.56. The molecule has 114 valence electrons. The molecule has 1 heterocycles. The highest BCUT2D eigenvalue weighted by Gasteiger charge is 2.08. The zero-order valence-corrected chi connectivity index (χ0v) is 13.8. The van der Waals surface area contributed by atoms with Crippen LogP contribution >= 0.6 is 11.3 Å². The van der Waals surface area contributed by atoms with Gasteiger partial charge >= 0.3 is 0 Å². The Balaban J connectivity index is 1.96. The van der Waals surface area contributed by atoms with Gasteiger partial charge in [0.2, 0.25) is 0 Å². The van der Waals surface area contributed by atoms with Crippen LogP contribution in [0.4, 0.5) is 0 Å². The maximum absolute atomic E-state index is 5.72. The first-order valence-electron chi connectivity index (χ1n) is 7.03. The fraction of sp³-hybridized carbons (Fsp3) is 0.438. The molecule has 0 saturated heterocycles. The maximum Gasteiger partial charge on any atom is 0.161 e.